The number of hydrogen-bond acceptors (Lipinski definition) is 3. The molecule has 0 saturated carbocycles. The first kappa shape index (κ1) is 13.8. The fourth-order valence-electron chi connectivity index (χ4n) is 2.13. The molecule has 1 aromatic carbocycles. The van der Waals surface area contributed by atoms with E-state index in [0.29, 0.717) is 13.0 Å². The molecule has 1 amide bonds. The number of amides is 1. The second-order valence-corrected chi connectivity index (χ2v) is 5.63. The van der Waals surface area contributed by atoms with E-state index in [2.05, 4.69) is 26.2 Å². The number of halogens is 1. The summed E-state index contributed by atoms with van der Waals surface area (Å²) in [7, 11) is 0. The summed E-state index contributed by atoms with van der Waals surface area (Å²) in [5.41, 5.74) is 2.70. The Morgan fingerprint density at radius 3 is 2.86 bits per heavy atom. The van der Waals surface area contributed by atoms with Gasteiger partial charge in [-0.3, -0.25) is 9.78 Å². The van der Waals surface area contributed by atoms with Gasteiger partial charge in [-0.2, -0.15) is 0 Å². The van der Waals surface area contributed by atoms with Crippen LogP contribution in [0.3, 0.4) is 0 Å². The van der Waals surface area contributed by atoms with Gasteiger partial charge in [0.2, 0.25) is 5.91 Å². The average Bonchev–Trinajstić information content (AvgIpc) is 2.88. The van der Waals surface area contributed by atoms with Crippen LogP contribution in [0.25, 0.3) is 11.0 Å². The largest absolute Gasteiger partial charge is 0.464 e. The lowest BCUT2D eigenvalue weighted by atomic mass is 10.1. The number of nitrogens with zero attached hydrogens (tertiary/aromatic N) is 1. The number of fused-ring (bicyclic) bond motifs is 1. The Balaban J connectivity index is 1.67. The van der Waals surface area contributed by atoms with Crippen molar-refractivity contribution in [2.75, 3.05) is 0 Å². The summed E-state index contributed by atoms with van der Waals surface area (Å²) in [4.78, 5) is 16.0. The van der Waals surface area contributed by atoms with Crippen molar-refractivity contribution in [1.82, 2.24) is 10.3 Å². The van der Waals surface area contributed by atoms with Crippen LogP contribution in [0.2, 0.25) is 0 Å². The third-order valence-corrected chi connectivity index (χ3v) is 3.70. The van der Waals surface area contributed by atoms with Gasteiger partial charge in [-0.05, 0) is 35.9 Å². The number of benzene rings is 1. The summed E-state index contributed by atoms with van der Waals surface area (Å²) in [5.74, 6) is -0.0329. The molecule has 4 nitrogen and oxygen atoms in total. The van der Waals surface area contributed by atoms with Gasteiger partial charge in [0.25, 0.3) is 0 Å². The van der Waals surface area contributed by atoms with Gasteiger partial charge in [0.05, 0.1) is 12.7 Å². The molecule has 5 heteroatoms. The Labute approximate surface area is 130 Å². The first-order valence-corrected chi connectivity index (χ1v) is 7.33. The minimum absolute atomic E-state index is 0.0329. The number of carbonyl (C=O) groups excluding carboxylic acids is 1. The van der Waals surface area contributed by atoms with Gasteiger partial charge in [0, 0.05) is 34.4 Å². The molecule has 0 aliphatic heterocycles. The molecule has 0 aliphatic carbocycles. The second kappa shape index (κ2) is 6.10. The van der Waals surface area contributed by atoms with E-state index in [1.807, 2.05) is 30.3 Å². The van der Waals surface area contributed by atoms with E-state index in [9.17, 15) is 4.79 Å². The molecule has 0 atom stereocenters. The smallest absolute Gasteiger partial charge is 0.224 e. The predicted octanol–water partition coefficient (Wildman–Crippen LogP) is 3.45. The van der Waals surface area contributed by atoms with Gasteiger partial charge in [0.15, 0.2) is 0 Å². The zero-order valence-corrected chi connectivity index (χ0v) is 12.8. The molecule has 2 heterocycles. The molecule has 0 radical (unpaired) electrons. The maximum Gasteiger partial charge on any atom is 0.224 e. The van der Waals surface area contributed by atoms with E-state index in [1.54, 1.807) is 18.7 Å². The quantitative estimate of drug-likeness (QED) is 0.788. The number of rotatable bonds is 4. The molecule has 2 aromatic heterocycles. The van der Waals surface area contributed by atoms with Crippen LogP contribution in [-0.4, -0.2) is 10.9 Å². The highest BCUT2D eigenvalue weighted by Crippen LogP contribution is 2.25. The number of furan rings is 1. The highest BCUT2D eigenvalue weighted by atomic mass is 79.9. The Kier molecular flexibility index (Phi) is 4.01. The molecule has 21 heavy (non-hydrogen) atoms. The summed E-state index contributed by atoms with van der Waals surface area (Å²) >= 11 is 3.43. The maximum absolute atomic E-state index is 12.0. The van der Waals surface area contributed by atoms with Crippen LogP contribution in [0.1, 0.15) is 11.1 Å². The highest BCUT2D eigenvalue weighted by molar-refractivity contribution is 9.10. The average molecular weight is 345 g/mol. The summed E-state index contributed by atoms with van der Waals surface area (Å²) < 4.78 is 6.43. The molecule has 1 N–H and O–H groups in total. The number of aromatic nitrogens is 1. The lowest BCUT2D eigenvalue weighted by Gasteiger charge is -2.04. The second-order valence-electron chi connectivity index (χ2n) is 4.71. The molecule has 0 unspecified atom stereocenters. The predicted molar refractivity (Wildman–Crippen MR) is 83.7 cm³/mol. The van der Waals surface area contributed by atoms with Gasteiger partial charge in [-0.15, -0.1) is 0 Å². The number of pyridine rings is 1. The minimum Gasteiger partial charge on any atom is -0.464 e. The molecular weight excluding hydrogens is 332 g/mol. The van der Waals surface area contributed by atoms with Crippen molar-refractivity contribution in [3.8, 4) is 0 Å². The first-order valence-electron chi connectivity index (χ1n) is 6.53. The van der Waals surface area contributed by atoms with E-state index < -0.39 is 0 Å². The summed E-state index contributed by atoms with van der Waals surface area (Å²) in [5, 5.41) is 3.86. The molecule has 3 aromatic rings. The fourth-order valence-corrected chi connectivity index (χ4v) is 2.49. The van der Waals surface area contributed by atoms with E-state index >= 15 is 0 Å². The Morgan fingerprint density at radius 1 is 1.24 bits per heavy atom. The van der Waals surface area contributed by atoms with Gasteiger partial charge < -0.3 is 9.73 Å². The molecule has 0 spiro atoms. The summed E-state index contributed by atoms with van der Waals surface area (Å²) in [6.07, 6.45) is 5.36. The molecule has 0 saturated heterocycles. The normalized spacial score (nSPS) is 10.7. The Hall–Kier alpha value is -2.14. The number of hydrogen-bond donors (Lipinski definition) is 1. The van der Waals surface area contributed by atoms with Gasteiger partial charge >= 0.3 is 0 Å². The SMILES string of the molecule is O=C(Cc1coc2ccc(Br)cc12)NCc1ccncc1. The minimum atomic E-state index is -0.0329. The van der Waals surface area contributed by atoms with Crippen molar-refractivity contribution in [3.05, 3.63) is 64.6 Å². The van der Waals surface area contributed by atoms with Crippen LogP contribution < -0.4 is 5.32 Å². The zero-order chi connectivity index (χ0) is 14.7. The van der Waals surface area contributed by atoms with Gasteiger partial charge in [-0.1, -0.05) is 15.9 Å². The van der Waals surface area contributed by atoms with Crippen molar-refractivity contribution in [2.24, 2.45) is 0 Å². The molecule has 3 rings (SSSR count). The van der Waals surface area contributed by atoms with Crippen LogP contribution in [0, 0.1) is 0 Å². The molecule has 106 valence electrons. The monoisotopic (exact) mass is 344 g/mol. The van der Waals surface area contributed by atoms with Crippen LogP contribution in [0.5, 0.6) is 0 Å². The van der Waals surface area contributed by atoms with Crippen LogP contribution in [-0.2, 0) is 17.8 Å². The molecule has 0 bridgehead atoms. The maximum atomic E-state index is 12.0. The van der Waals surface area contributed by atoms with E-state index in [0.717, 1.165) is 26.6 Å². The number of carbonyl (C=O) groups is 1. The lowest BCUT2D eigenvalue weighted by Crippen LogP contribution is -2.24. The third-order valence-electron chi connectivity index (χ3n) is 3.21. The van der Waals surface area contributed by atoms with Crippen molar-refractivity contribution >= 4 is 32.8 Å². The fraction of sp³-hybridized carbons (Fsp3) is 0.125. The van der Waals surface area contributed by atoms with Crippen molar-refractivity contribution < 1.29 is 9.21 Å². The molecular formula is C16H13BrN2O2. The Bertz CT molecular complexity index is 768. The van der Waals surface area contributed by atoms with Gasteiger partial charge in [-0.25, -0.2) is 0 Å². The zero-order valence-electron chi connectivity index (χ0n) is 11.2. The topological polar surface area (TPSA) is 55.1 Å². The lowest BCUT2D eigenvalue weighted by molar-refractivity contribution is -0.120. The van der Waals surface area contributed by atoms with E-state index in [1.165, 1.54) is 0 Å². The van der Waals surface area contributed by atoms with Crippen molar-refractivity contribution in [2.45, 2.75) is 13.0 Å². The summed E-state index contributed by atoms with van der Waals surface area (Å²) in [6.45, 7) is 0.501. The van der Waals surface area contributed by atoms with E-state index in [-0.39, 0.29) is 5.91 Å². The molecule has 0 fully saturated rings. The highest BCUT2D eigenvalue weighted by Gasteiger charge is 2.10. The summed E-state index contributed by atoms with van der Waals surface area (Å²) in [6, 6.07) is 9.52. The standard InChI is InChI=1S/C16H13BrN2O2/c17-13-1-2-15-14(8-13)12(10-21-15)7-16(20)19-9-11-3-5-18-6-4-11/h1-6,8,10H,7,9H2,(H,19,20). The third kappa shape index (κ3) is 3.31. The first-order chi connectivity index (χ1) is 10.2. The number of nitrogens with one attached hydrogen (secondary N) is 1. The van der Waals surface area contributed by atoms with Gasteiger partial charge in [0.1, 0.15) is 5.58 Å². The Morgan fingerprint density at radius 2 is 2.05 bits per heavy atom. The van der Waals surface area contributed by atoms with Crippen molar-refractivity contribution in [3.63, 3.8) is 0 Å². The van der Waals surface area contributed by atoms with Crippen LogP contribution >= 0.6 is 15.9 Å². The van der Waals surface area contributed by atoms with Crippen LogP contribution in [0.4, 0.5) is 0 Å². The van der Waals surface area contributed by atoms with Crippen LogP contribution in [0.15, 0.2) is 57.9 Å². The molecule has 0 aliphatic rings. The van der Waals surface area contributed by atoms with E-state index in [4.69, 9.17) is 4.42 Å². The van der Waals surface area contributed by atoms with Crippen molar-refractivity contribution in [1.29, 1.82) is 0 Å².